The van der Waals surface area contributed by atoms with Crippen molar-refractivity contribution in [2.24, 2.45) is 10.9 Å². The second-order valence-electron chi connectivity index (χ2n) is 6.86. The number of nitrogens with zero attached hydrogens (tertiary/aromatic N) is 1. The fourth-order valence-electron chi connectivity index (χ4n) is 2.61. The summed E-state index contributed by atoms with van der Waals surface area (Å²) in [6, 6.07) is 11.4. The van der Waals surface area contributed by atoms with E-state index in [2.05, 4.69) is 10.4 Å². The Balaban J connectivity index is 2.32. The van der Waals surface area contributed by atoms with E-state index in [4.69, 9.17) is 15.3 Å². The van der Waals surface area contributed by atoms with Gasteiger partial charge in [-0.15, -0.1) is 0 Å². The predicted octanol–water partition coefficient (Wildman–Crippen LogP) is 3.79. The summed E-state index contributed by atoms with van der Waals surface area (Å²) in [7, 11) is 0. The Hall–Kier alpha value is -3.22. The van der Waals surface area contributed by atoms with E-state index < -0.39 is 12.0 Å². The summed E-state index contributed by atoms with van der Waals surface area (Å²) in [6.45, 7) is 7.66. The van der Waals surface area contributed by atoms with Gasteiger partial charge in [0.2, 0.25) is 0 Å². The largest absolute Gasteiger partial charge is 0.487 e. The predicted molar refractivity (Wildman–Crippen MR) is 110 cm³/mol. The number of nitrogens with two attached hydrogens (primary N) is 1. The lowest BCUT2D eigenvalue weighted by molar-refractivity contribution is -0.138. The Kier molecular flexibility index (Phi) is 7.26. The zero-order chi connectivity index (χ0) is 20.7. The third-order valence-electron chi connectivity index (χ3n) is 3.72. The van der Waals surface area contributed by atoms with Crippen molar-refractivity contribution in [3.05, 3.63) is 53.6 Å². The van der Waals surface area contributed by atoms with Gasteiger partial charge in [-0.3, -0.25) is 0 Å². The van der Waals surface area contributed by atoms with Gasteiger partial charge in [-0.25, -0.2) is 4.79 Å². The summed E-state index contributed by atoms with van der Waals surface area (Å²) in [4.78, 5) is 11.9. The van der Waals surface area contributed by atoms with Crippen LogP contribution in [0.3, 0.4) is 0 Å². The van der Waals surface area contributed by atoms with E-state index in [0.29, 0.717) is 22.7 Å². The number of hydrazone groups is 1. The molecule has 0 saturated heterocycles. The van der Waals surface area contributed by atoms with Crippen molar-refractivity contribution in [2.45, 2.75) is 45.9 Å². The van der Waals surface area contributed by atoms with Crippen LogP contribution in [0.25, 0.3) is 0 Å². The minimum Gasteiger partial charge on any atom is -0.487 e. The van der Waals surface area contributed by atoms with Gasteiger partial charge in [-0.1, -0.05) is 18.2 Å². The molecule has 0 bridgehead atoms. The van der Waals surface area contributed by atoms with E-state index in [1.807, 2.05) is 27.7 Å². The number of carbonyl (C=O) groups is 1. The van der Waals surface area contributed by atoms with Gasteiger partial charge in [0.05, 0.1) is 18.4 Å². The van der Waals surface area contributed by atoms with E-state index in [9.17, 15) is 9.90 Å². The highest BCUT2D eigenvalue weighted by atomic mass is 16.5. The minimum absolute atomic E-state index is 0.0238. The highest BCUT2D eigenvalue weighted by Gasteiger charge is 2.22. The maximum absolute atomic E-state index is 11.9. The molecule has 0 fully saturated rings. The lowest BCUT2D eigenvalue weighted by atomic mass is 10.1. The molecule has 0 heterocycles. The highest BCUT2D eigenvalue weighted by molar-refractivity contribution is 5.82. The second kappa shape index (κ2) is 9.64. The molecule has 150 valence electrons. The van der Waals surface area contributed by atoms with E-state index in [1.165, 1.54) is 6.21 Å². The molecule has 2 aromatic rings. The Bertz CT molecular complexity index is 817. The summed E-state index contributed by atoms with van der Waals surface area (Å²) < 4.78 is 11.6. The highest BCUT2D eigenvalue weighted by Crippen LogP contribution is 2.33. The van der Waals surface area contributed by atoms with Crippen molar-refractivity contribution in [3.8, 4) is 11.5 Å². The zero-order valence-corrected chi connectivity index (χ0v) is 16.5. The van der Waals surface area contributed by atoms with Crippen LogP contribution in [0.4, 0.5) is 5.69 Å². The smallest absolute Gasteiger partial charge is 0.330 e. The van der Waals surface area contributed by atoms with Gasteiger partial charge in [0.15, 0.2) is 17.5 Å². The molecule has 0 aliphatic rings. The van der Waals surface area contributed by atoms with Gasteiger partial charge in [-0.05, 0) is 63.1 Å². The Labute approximate surface area is 165 Å². The SMILES string of the molecule is CC(C)Oc1ccc(C(Nc2ccc(C=NN)cc2)C(=O)O)cc1OC(C)C. The molecule has 0 aliphatic heterocycles. The number of carboxylic acid groups (broad SMARTS) is 1. The molecule has 1 atom stereocenters. The van der Waals surface area contributed by atoms with Crippen molar-refractivity contribution in [1.29, 1.82) is 0 Å². The Morgan fingerprint density at radius 1 is 1.04 bits per heavy atom. The van der Waals surface area contributed by atoms with Crippen molar-refractivity contribution < 1.29 is 19.4 Å². The zero-order valence-electron chi connectivity index (χ0n) is 16.5. The lowest BCUT2D eigenvalue weighted by Gasteiger charge is -2.21. The van der Waals surface area contributed by atoms with Crippen LogP contribution in [-0.4, -0.2) is 29.5 Å². The summed E-state index contributed by atoms with van der Waals surface area (Å²) in [5, 5.41) is 16.2. The molecule has 0 aromatic heterocycles. The molecular weight excluding hydrogens is 358 g/mol. The van der Waals surface area contributed by atoms with Crippen molar-refractivity contribution >= 4 is 17.9 Å². The quantitative estimate of drug-likeness (QED) is 0.344. The first-order valence-electron chi connectivity index (χ1n) is 9.10. The van der Waals surface area contributed by atoms with Crippen molar-refractivity contribution in [1.82, 2.24) is 0 Å². The number of ether oxygens (including phenoxy) is 2. The first-order valence-corrected chi connectivity index (χ1v) is 9.10. The van der Waals surface area contributed by atoms with Gasteiger partial charge in [0, 0.05) is 5.69 Å². The third kappa shape index (κ3) is 5.90. The number of nitrogens with one attached hydrogen (secondary N) is 1. The number of carboxylic acids is 1. The van der Waals surface area contributed by atoms with Crippen LogP contribution in [0, 0.1) is 0 Å². The van der Waals surface area contributed by atoms with E-state index >= 15 is 0 Å². The summed E-state index contributed by atoms with van der Waals surface area (Å²) in [6.07, 6.45) is 1.42. The van der Waals surface area contributed by atoms with Crippen LogP contribution in [0.2, 0.25) is 0 Å². The summed E-state index contributed by atoms with van der Waals surface area (Å²) >= 11 is 0. The second-order valence-corrected chi connectivity index (χ2v) is 6.86. The molecule has 0 amide bonds. The van der Waals surface area contributed by atoms with E-state index in [-0.39, 0.29) is 12.2 Å². The maximum atomic E-state index is 11.9. The molecule has 7 nitrogen and oxygen atoms in total. The lowest BCUT2D eigenvalue weighted by Crippen LogP contribution is -2.21. The average Bonchev–Trinajstić information content (AvgIpc) is 2.62. The van der Waals surface area contributed by atoms with Crippen LogP contribution < -0.4 is 20.6 Å². The van der Waals surface area contributed by atoms with Gasteiger partial charge in [-0.2, -0.15) is 5.10 Å². The number of aliphatic carboxylic acids is 1. The molecule has 2 rings (SSSR count). The molecule has 0 aliphatic carbocycles. The van der Waals surface area contributed by atoms with E-state index in [0.717, 1.165) is 5.56 Å². The van der Waals surface area contributed by atoms with Crippen LogP contribution >= 0.6 is 0 Å². The topological polar surface area (TPSA) is 106 Å². The molecular formula is C21H27N3O4. The third-order valence-corrected chi connectivity index (χ3v) is 3.72. The Morgan fingerprint density at radius 2 is 1.64 bits per heavy atom. The molecule has 2 aromatic carbocycles. The Morgan fingerprint density at radius 3 is 2.18 bits per heavy atom. The molecule has 28 heavy (non-hydrogen) atoms. The van der Waals surface area contributed by atoms with Crippen LogP contribution in [0.1, 0.15) is 44.9 Å². The number of hydrogen-bond acceptors (Lipinski definition) is 6. The maximum Gasteiger partial charge on any atom is 0.330 e. The number of rotatable bonds is 9. The first kappa shape index (κ1) is 21.1. The number of anilines is 1. The van der Waals surface area contributed by atoms with Gasteiger partial charge in [0.1, 0.15) is 0 Å². The van der Waals surface area contributed by atoms with Gasteiger partial charge < -0.3 is 25.7 Å². The van der Waals surface area contributed by atoms with Crippen LogP contribution in [0.15, 0.2) is 47.6 Å². The van der Waals surface area contributed by atoms with Crippen molar-refractivity contribution in [3.63, 3.8) is 0 Å². The minimum atomic E-state index is -0.999. The van der Waals surface area contributed by atoms with Crippen LogP contribution in [0.5, 0.6) is 11.5 Å². The molecule has 0 radical (unpaired) electrons. The monoisotopic (exact) mass is 385 g/mol. The molecule has 4 N–H and O–H groups in total. The molecule has 7 heteroatoms. The fourth-order valence-corrected chi connectivity index (χ4v) is 2.61. The average molecular weight is 385 g/mol. The van der Waals surface area contributed by atoms with Gasteiger partial charge in [0.25, 0.3) is 0 Å². The summed E-state index contributed by atoms with van der Waals surface area (Å²) in [5.41, 5.74) is 2.05. The number of benzene rings is 2. The fraction of sp³-hybridized carbons (Fsp3) is 0.333. The molecule has 0 saturated carbocycles. The molecule has 0 spiro atoms. The first-order chi connectivity index (χ1) is 13.3. The van der Waals surface area contributed by atoms with E-state index in [1.54, 1.807) is 42.5 Å². The normalized spacial score (nSPS) is 12.4. The number of hydrogen-bond donors (Lipinski definition) is 3. The van der Waals surface area contributed by atoms with Crippen molar-refractivity contribution in [2.75, 3.05) is 5.32 Å². The summed E-state index contributed by atoms with van der Waals surface area (Å²) in [5.74, 6) is 5.24. The van der Waals surface area contributed by atoms with Crippen LogP contribution in [-0.2, 0) is 4.79 Å². The standard InChI is InChI=1S/C21H27N3O4/c1-13(2)27-18-10-7-16(11-19(18)28-14(3)4)20(21(25)26)24-17-8-5-15(6-9-17)12-23-22/h5-14,20,24H,22H2,1-4H3,(H,25,26). The molecule has 1 unspecified atom stereocenters. The van der Waals surface area contributed by atoms with Gasteiger partial charge >= 0.3 is 5.97 Å².